The van der Waals surface area contributed by atoms with Gasteiger partial charge in [0.25, 0.3) is 5.56 Å². The van der Waals surface area contributed by atoms with Gasteiger partial charge in [0.05, 0.1) is 0 Å². The fraction of sp³-hybridized carbons (Fsp3) is 0.412. The Hall–Kier alpha value is -2.10. The fourth-order valence-corrected chi connectivity index (χ4v) is 2.61. The van der Waals surface area contributed by atoms with Crippen LogP contribution in [0.15, 0.2) is 29.2 Å². The molecule has 0 fully saturated rings. The first-order valence-corrected chi connectivity index (χ1v) is 7.54. The normalized spacial score (nSPS) is 10.7. The Labute approximate surface area is 125 Å². The number of pyridine rings is 2. The molecular weight excluding hydrogens is 262 g/mol. The molecule has 0 aliphatic carbocycles. The number of nitrogens with one attached hydrogen (secondary N) is 1. The van der Waals surface area contributed by atoms with Crippen LogP contribution in [-0.2, 0) is 6.42 Å². The van der Waals surface area contributed by atoms with E-state index < -0.39 is 0 Å². The van der Waals surface area contributed by atoms with E-state index >= 15 is 0 Å². The molecule has 4 heteroatoms. The van der Waals surface area contributed by atoms with Crippen molar-refractivity contribution in [2.24, 2.45) is 0 Å². The van der Waals surface area contributed by atoms with Crippen LogP contribution in [0, 0.1) is 6.92 Å². The summed E-state index contributed by atoms with van der Waals surface area (Å²) in [5, 5.41) is 0. The quantitative estimate of drug-likeness (QED) is 0.918. The van der Waals surface area contributed by atoms with Crippen molar-refractivity contribution in [3.63, 3.8) is 0 Å². The maximum Gasteiger partial charge on any atom is 0.271 e. The first kappa shape index (κ1) is 15.3. The van der Waals surface area contributed by atoms with E-state index in [0.717, 1.165) is 47.7 Å². The van der Waals surface area contributed by atoms with Crippen LogP contribution in [-0.4, -0.2) is 23.1 Å². The second-order valence-electron chi connectivity index (χ2n) is 5.09. The van der Waals surface area contributed by atoms with Crippen LogP contribution in [0.2, 0.25) is 0 Å². The summed E-state index contributed by atoms with van der Waals surface area (Å²) in [6, 6.07) is 6.06. The summed E-state index contributed by atoms with van der Waals surface area (Å²) in [7, 11) is 0. The number of aryl methyl sites for hydroxylation is 2. The number of hydrogen-bond acceptors (Lipinski definition) is 3. The zero-order valence-electron chi connectivity index (χ0n) is 13.2. The third-order valence-corrected chi connectivity index (χ3v) is 3.77. The van der Waals surface area contributed by atoms with E-state index in [0.29, 0.717) is 0 Å². The number of H-pyrrole nitrogens is 1. The van der Waals surface area contributed by atoms with Gasteiger partial charge in [0.2, 0.25) is 0 Å². The van der Waals surface area contributed by atoms with Crippen molar-refractivity contribution in [3.8, 4) is 11.1 Å². The molecule has 0 saturated carbocycles. The van der Waals surface area contributed by atoms with Crippen molar-refractivity contribution >= 4 is 5.69 Å². The second-order valence-corrected chi connectivity index (χ2v) is 5.09. The van der Waals surface area contributed by atoms with Gasteiger partial charge in [-0.25, -0.2) is 0 Å². The lowest BCUT2D eigenvalue weighted by molar-refractivity contribution is 0.851. The van der Waals surface area contributed by atoms with Gasteiger partial charge in [-0.15, -0.1) is 0 Å². The van der Waals surface area contributed by atoms with E-state index in [1.54, 1.807) is 0 Å². The van der Waals surface area contributed by atoms with Gasteiger partial charge in [-0.1, -0.05) is 6.92 Å². The van der Waals surface area contributed by atoms with E-state index in [9.17, 15) is 4.79 Å². The summed E-state index contributed by atoms with van der Waals surface area (Å²) in [5.41, 5.74) is 4.87. The molecule has 2 rings (SSSR count). The Bertz CT molecular complexity index is 672. The molecular formula is C17H23N3O. The van der Waals surface area contributed by atoms with Gasteiger partial charge in [0, 0.05) is 36.2 Å². The van der Waals surface area contributed by atoms with Crippen LogP contribution >= 0.6 is 0 Å². The molecule has 2 heterocycles. The average molecular weight is 285 g/mol. The lowest BCUT2D eigenvalue weighted by atomic mass is 10.0. The van der Waals surface area contributed by atoms with Crippen LogP contribution in [0.3, 0.4) is 0 Å². The molecule has 1 N–H and O–H groups in total. The Morgan fingerprint density at radius 2 is 1.90 bits per heavy atom. The van der Waals surface area contributed by atoms with E-state index in [-0.39, 0.29) is 5.56 Å². The van der Waals surface area contributed by atoms with Crippen LogP contribution in [0.25, 0.3) is 11.1 Å². The van der Waals surface area contributed by atoms with Gasteiger partial charge in [-0.05, 0) is 51.0 Å². The molecule has 2 aromatic rings. The van der Waals surface area contributed by atoms with E-state index in [1.807, 2.05) is 25.3 Å². The molecule has 0 unspecified atom stereocenters. The third-order valence-electron chi connectivity index (χ3n) is 3.77. The maximum atomic E-state index is 12.3. The highest BCUT2D eigenvalue weighted by Crippen LogP contribution is 2.25. The van der Waals surface area contributed by atoms with Gasteiger partial charge in [0.15, 0.2) is 0 Å². The molecule has 0 atom stereocenters. The van der Waals surface area contributed by atoms with Crippen molar-refractivity contribution in [2.75, 3.05) is 18.0 Å². The molecule has 21 heavy (non-hydrogen) atoms. The molecule has 0 spiro atoms. The molecule has 0 amide bonds. The largest absolute Gasteiger partial charge is 0.368 e. The number of nitrogens with zero attached hydrogens (tertiary/aromatic N) is 2. The lowest BCUT2D eigenvalue weighted by Gasteiger charge is -2.21. The Kier molecular flexibility index (Phi) is 4.78. The van der Waals surface area contributed by atoms with Gasteiger partial charge in [-0.3, -0.25) is 9.78 Å². The number of rotatable bonds is 5. The molecule has 0 aromatic carbocycles. The van der Waals surface area contributed by atoms with Crippen LogP contribution in [0.1, 0.15) is 32.2 Å². The smallest absolute Gasteiger partial charge is 0.271 e. The highest BCUT2D eigenvalue weighted by Gasteiger charge is 2.13. The molecule has 112 valence electrons. The summed E-state index contributed by atoms with van der Waals surface area (Å²) in [5.74, 6) is 0. The number of hydrogen-bond donors (Lipinski definition) is 1. The Morgan fingerprint density at radius 3 is 2.48 bits per heavy atom. The first-order valence-electron chi connectivity index (χ1n) is 7.54. The SMILES string of the molecule is CCc1[nH]c(=O)c(N(CC)CC)cc1-c1ccnc(C)c1. The standard InChI is InChI=1S/C17H23N3O/c1-5-15-14(13-8-9-18-12(4)10-13)11-16(17(21)19-15)20(6-2)7-3/h8-11H,5-7H2,1-4H3,(H,19,21). The second kappa shape index (κ2) is 6.57. The highest BCUT2D eigenvalue weighted by molar-refractivity contribution is 5.70. The molecule has 4 nitrogen and oxygen atoms in total. The number of aromatic amines is 1. The first-order chi connectivity index (χ1) is 10.1. The lowest BCUT2D eigenvalue weighted by Crippen LogP contribution is -2.29. The molecule has 0 bridgehead atoms. The summed E-state index contributed by atoms with van der Waals surface area (Å²) in [4.78, 5) is 21.7. The topological polar surface area (TPSA) is 49.0 Å². The third kappa shape index (κ3) is 3.15. The highest BCUT2D eigenvalue weighted by atomic mass is 16.1. The minimum absolute atomic E-state index is 0.00919. The molecule has 0 aliphatic rings. The Morgan fingerprint density at radius 1 is 1.19 bits per heavy atom. The predicted octanol–water partition coefficient (Wildman–Crippen LogP) is 3.15. The zero-order valence-corrected chi connectivity index (χ0v) is 13.2. The fourth-order valence-electron chi connectivity index (χ4n) is 2.61. The minimum atomic E-state index is -0.00919. The van der Waals surface area contributed by atoms with Gasteiger partial charge in [-0.2, -0.15) is 0 Å². The number of aromatic nitrogens is 2. The number of anilines is 1. The molecule has 0 aliphatic heterocycles. The van der Waals surface area contributed by atoms with Crippen molar-refractivity contribution in [2.45, 2.75) is 34.1 Å². The zero-order chi connectivity index (χ0) is 15.4. The van der Waals surface area contributed by atoms with Crippen molar-refractivity contribution in [1.29, 1.82) is 0 Å². The van der Waals surface area contributed by atoms with E-state index in [2.05, 4.69) is 41.7 Å². The van der Waals surface area contributed by atoms with Crippen molar-refractivity contribution in [3.05, 3.63) is 46.1 Å². The van der Waals surface area contributed by atoms with Gasteiger partial charge in [0.1, 0.15) is 5.69 Å². The van der Waals surface area contributed by atoms with Crippen LogP contribution in [0.4, 0.5) is 5.69 Å². The Balaban J connectivity index is 2.64. The average Bonchev–Trinajstić information content (AvgIpc) is 2.49. The summed E-state index contributed by atoms with van der Waals surface area (Å²) in [6.45, 7) is 9.80. The summed E-state index contributed by atoms with van der Waals surface area (Å²) in [6.07, 6.45) is 2.61. The van der Waals surface area contributed by atoms with E-state index in [1.165, 1.54) is 0 Å². The minimum Gasteiger partial charge on any atom is -0.368 e. The van der Waals surface area contributed by atoms with E-state index in [4.69, 9.17) is 0 Å². The van der Waals surface area contributed by atoms with Crippen LogP contribution < -0.4 is 10.5 Å². The monoisotopic (exact) mass is 285 g/mol. The summed E-state index contributed by atoms with van der Waals surface area (Å²) < 4.78 is 0. The van der Waals surface area contributed by atoms with Crippen molar-refractivity contribution < 1.29 is 0 Å². The maximum absolute atomic E-state index is 12.3. The van der Waals surface area contributed by atoms with Crippen LogP contribution in [0.5, 0.6) is 0 Å². The summed E-state index contributed by atoms with van der Waals surface area (Å²) >= 11 is 0. The van der Waals surface area contributed by atoms with Gasteiger partial charge < -0.3 is 9.88 Å². The van der Waals surface area contributed by atoms with Crippen molar-refractivity contribution in [1.82, 2.24) is 9.97 Å². The van der Waals surface area contributed by atoms with Gasteiger partial charge >= 0.3 is 0 Å². The predicted molar refractivity (Wildman–Crippen MR) is 88.0 cm³/mol. The molecule has 0 radical (unpaired) electrons. The molecule has 0 saturated heterocycles. The molecule has 2 aromatic heterocycles.